The zero-order valence-corrected chi connectivity index (χ0v) is 27.4. The number of aliphatic hydroxyl groups excluding tert-OH is 1. The summed E-state index contributed by atoms with van der Waals surface area (Å²) in [6.45, 7) is -2.16. The van der Waals surface area contributed by atoms with Gasteiger partial charge in [-0.25, -0.2) is 24.3 Å². The predicted octanol–water partition coefficient (Wildman–Crippen LogP) is 2.61. The first-order valence-corrected chi connectivity index (χ1v) is 18.3. The summed E-state index contributed by atoms with van der Waals surface area (Å²) in [5.74, 6) is 0.0649. The van der Waals surface area contributed by atoms with E-state index in [0.29, 0.717) is 16.1 Å². The minimum atomic E-state index is -4.51. The fourth-order valence-electron chi connectivity index (χ4n) is 5.78. The molecular weight excluding hydrogens is 690 g/mol. The van der Waals surface area contributed by atoms with Crippen LogP contribution in [0, 0.1) is 6.92 Å². The van der Waals surface area contributed by atoms with Gasteiger partial charge in [-0.05, 0) is 43.4 Å². The number of anilines is 1. The number of fused-ring (bicyclic) bond motifs is 4. The van der Waals surface area contributed by atoms with E-state index in [2.05, 4.69) is 19.9 Å². The molecule has 244 valence electrons. The molecule has 3 aliphatic heterocycles. The average Bonchev–Trinajstić information content (AvgIpc) is 3.73. The van der Waals surface area contributed by atoms with Crippen LogP contribution in [0.3, 0.4) is 0 Å². The van der Waals surface area contributed by atoms with Gasteiger partial charge in [-0.15, -0.1) is 0 Å². The van der Waals surface area contributed by atoms with E-state index in [1.807, 2.05) is 0 Å². The maximum atomic E-state index is 16.1. The van der Waals surface area contributed by atoms with Crippen LogP contribution in [0.2, 0.25) is 5.02 Å². The first-order valence-electron chi connectivity index (χ1n) is 13.7. The zero-order valence-electron chi connectivity index (χ0n) is 24.0. The second kappa shape index (κ2) is 11.5. The van der Waals surface area contributed by atoms with Crippen molar-refractivity contribution >= 4 is 73.2 Å². The molecule has 3 fully saturated rings. The van der Waals surface area contributed by atoms with Gasteiger partial charge in [0.2, 0.25) is 7.57 Å². The number of nitrogens with zero attached hydrogens (tertiary/aromatic N) is 6. The quantitative estimate of drug-likeness (QED) is 0.202. The van der Waals surface area contributed by atoms with E-state index >= 15 is 4.39 Å². The Hall–Kier alpha value is -2.12. The largest absolute Gasteiger partial charge is 0.386 e. The van der Waals surface area contributed by atoms with Gasteiger partial charge in [0, 0.05) is 5.02 Å². The molecule has 4 aromatic rings. The number of imidazole rings is 2. The van der Waals surface area contributed by atoms with Crippen molar-refractivity contribution in [2.75, 3.05) is 18.9 Å². The number of alkyl halides is 1. The van der Waals surface area contributed by atoms with Crippen LogP contribution in [0.25, 0.3) is 22.2 Å². The fraction of sp³-hybridized carbons (Fsp3) is 0.500. The lowest BCUT2D eigenvalue weighted by molar-refractivity contribution is -0.113. The minimum Gasteiger partial charge on any atom is -0.386 e. The molecule has 3 aromatic heterocycles. The summed E-state index contributed by atoms with van der Waals surface area (Å²) in [6.07, 6.45) is -6.58. The lowest BCUT2D eigenvalue weighted by Crippen LogP contribution is -2.46. The van der Waals surface area contributed by atoms with Crippen LogP contribution in [0.4, 0.5) is 10.2 Å². The van der Waals surface area contributed by atoms with Crippen molar-refractivity contribution in [3.05, 3.63) is 41.7 Å². The molecule has 3 aliphatic rings. The van der Waals surface area contributed by atoms with Gasteiger partial charge in [0.25, 0.3) is 7.47 Å². The van der Waals surface area contributed by atoms with Crippen LogP contribution in [-0.4, -0.2) is 96.0 Å². The number of aromatic nitrogens is 6. The van der Waals surface area contributed by atoms with Crippen molar-refractivity contribution < 1.29 is 46.5 Å². The van der Waals surface area contributed by atoms with E-state index in [9.17, 15) is 14.6 Å². The summed E-state index contributed by atoms with van der Waals surface area (Å²) in [4.78, 5) is 27.5. The van der Waals surface area contributed by atoms with Gasteiger partial charge in [0.1, 0.15) is 41.9 Å². The van der Waals surface area contributed by atoms with Crippen molar-refractivity contribution in [3.8, 4) is 0 Å². The van der Waals surface area contributed by atoms with Crippen molar-refractivity contribution in [1.29, 1.82) is 0 Å². The molecular formula is C24H26BClFN7O9P2S. The first-order chi connectivity index (χ1) is 21.7. The van der Waals surface area contributed by atoms with Gasteiger partial charge in [0.15, 0.2) is 30.1 Å². The second-order valence-electron chi connectivity index (χ2n) is 11.3. The Bertz CT molecular complexity index is 1940. The summed E-state index contributed by atoms with van der Waals surface area (Å²) < 4.78 is 67.0. The molecule has 0 amide bonds. The number of benzene rings is 1. The highest BCUT2D eigenvalue weighted by molar-refractivity contribution is 8.07. The number of hydrogen-bond donors (Lipinski definition) is 3. The van der Waals surface area contributed by atoms with Gasteiger partial charge in [0.05, 0.1) is 36.9 Å². The molecule has 1 aromatic carbocycles. The van der Waals surface area contributed by atoms with Gasteiger partial charge < -0.3 is 43.3 Å². The molecule has 4 unspecified atom stereocenters. The predicted molar refractivity (Wildman–Crippen MR) is 164 cm³/mol. The van der Waals surface area contributed by atoms with Crippen molar-refractivity contribution in [1.82, 2.24) is 29.1 Å². The summed E-state index contributed by atoms with van der Waals surface area (Å²) >= 11 is 11.5. The Kier molecular flexibility index (Phi) is 8.11. The van der Waals surface area contributed by atoms with Crippen LogP contribution in [0.5, 0.6) is 0 Å². The number of rotatable bonds is 2. The van der Waals surface area contributed by atoms with E-state index in [1.165, 1.54) is 30.5 Å². The Morgan fingerprint density at radius 1 is 1.17 bits per heavy atom. The second-order valence-corrected chi connectivity index (χ2v) is 16.1. The molecule has 3 saturated heterocycles. The topological polar surface area (TPSA) is 200 Å². The number of halogens is 2. The van der Waals surface area contributed by atoms with Gasteiger partial charge >= 0.3 is 6.72 Å². The summed E-state index contributed by atoms with van der Waals surface area (Å²) in [6, 6.07) is 3.43. The zero-order chi connectivity index (χ0) is 32.8. The average molecular weight is 716 g/mol. The Morgan fingerprint density at radius 3 is 2.72 bits per heavy atom. The third-order valence-corrected chi connectivity index (χ3v) is 11.1. The van der Waals surface area contributed by atoms with E-state index < -0.39 is 76.1 Å². The summed E-state index contributed by atoms with van der Waals surface area (Å²) in [7, 11) is 1.48. The summed E-state index contributed by atoms with van der Waals surface area (Å²) in [5.41, 5.74) is 6.43. The molecule has 2 radical (unpaired) electrons. The number of ether oxygens (including phenoxy) is 2. The Balaban J connectivity index is 1.19. The van der Waals surface area contributed by atoms with E-state index in [-0.39, 0.29) is 17.0 Å². The Labute approximate surface area is 271 Å². The van der Waals surface area contributed by atoms with Crippen molar-refractivity contribution in [2.45, 2.75) is 62.5 Å². The van der Waals surface area contributed by atoms with E-state index in [0.717, 1.165) is 5.56 Å². The van der Waals surface area contributed by atoms with Crippen LogP contribution >= 0.6 is 25.8 Å². The molecule has 7 rings (SSSR count). The maximum absolute atomic E-state index is 16.1. The number of aryl methyl sites for hydroxylation is 1. The fourth-order valence-corrected chi connectivity index (χ4v) is 8.52. The van der Waals surface area contributed by atoms with Crippen molar-refractivity contribution in [2.24, 2.45) is 0 Å². The highest BCUT2D eigenvalue weighted by Gasteiger charge is 2.57. The maximum Gasteiger partial charge on any atom is 0.325 e. The highest BCUT2D eigenvalue weighted by atomic mass is 35.5. The number of nitrogen functional groups attached to an aromatic ring is 1. The molecule has 6 heterocycles. The van der Waals surface area contributed by atoms with E-state index in [1.54, 1.807) is 23.6 Å². The van der Waals surface area contributed by atoms with Gasteiger partial charge in [-0.1, -0.05) is 11.6 Å². The third-order valence-electron chi connectivity index (χ3n) is 8.10. The third kappa shape index (κ3) is 5.59. The lowest BCUT2D eigenvalue weighted by Gasteiger charge is -2.35. The molecule has 10 atom stereocenters. The Morgan fingerprint density at radius 2 is 1.93 bits per heavy atom. The normalized spacial score (nSPS) is 38.8. The molecule has 0 bridgehead atoms. The molecule has 0 spiro atoms. The molecule has 22 heteroatoms. The lowest BCUT2D eigenvalue weighted by atomic mass is 9.98. The molecule has 4 N–H and O–H groups in total. The van der Waals surface area contributed by atoms with Gasteiger partial charge in [-0.2, -0.15) is 0 Å². The van der Waals surface area contributed by atoms with Crippen LogP contribution < -0.4 is 5.73 Å². The molecule has 0 aliphatic carbocycles. The van der Waals surface area contributed by atoms with E-state index in [4.69, 9.17) is 64.3 Å². The number of nitrogens with two attached hydrogens (primary N) is 1. The minimum absolute atomic E-state index is 0.0649. The van der Waals surface area contributed by atoms with Crippen molar-refractivity contribution in [3.63, 3.8) is 0 Å². The van der Waals surface area contributed by atoms with Crippen LogP contribution in [-0.2, 0) is 43.9 Å². The summed E-state index contributed by atoms with van der Waals surface area (Å²) in [5, 5.41) is 12.0. The number of hydrogen-bond acceptors (Lipinski definition) is 14. The highest BCUT2D eigenvalue weighted by Crippen LogP contribution is 2.56. The van der Waals surface area contributed by atoms with Crippen LogP contribution in [0.15, 0.2) is 31.1 Å². The monoisotopic (exact) mass is 715 g/mol. The SMILES string of the molecule is [B]P1(=O)OC[C@H]2O[C@@H](n3cnc4c(N)ncnc43)C(F)[C@H]2OP(O)(=S)OC[C@@]2(C)O[C@@H](n3cnc4cc(Cl)c(C)cc43)[C@@H](O)C2O1. The molecule has 0 saturated carbocycles. The van der Waals surface area contributed by atoms with Gasteiger partial charge in [-0.3, -0.25) is 13.7 Å². The smallest absolute Gasteiger partial charge is 0.325 e. The molecule has 46 heavy (non-hydrogen) atoms. The molecule has 16 nitrogen and oxygen atoms in total. The van der Waals surface area contributed by atoms with Crippen LogP contribution in [0.1, 0.15) is 24.9 Å². The first kappa shape index (κ1) is 32.4. The number of aliphatic hydroxyl groups is 1. The standard InChI is InChI=1S/C24H26BClFN7O9P2S/c1-10-3-13-12(4-11(10)26)31-8-33(13)23-17(35)19-24(2,41-23)6-39-45(37,46)42-18-14(5-38-44(25,36)43-19)40-22(15(18)27)34-9-32-16-20(28)29-7-30-21(16)34/h3-4,7-9,14-15,17-19,22-23,35H,5-6H2,1-2H3,(H,37,46)(H2,28,29,30)/t14-,15?,17+,18+,19?,22-,23-,24-,44?,45?/m1/s1.